The molecule has 1 fully saturated rings. The molecule has 23 heavy (non-hydrogen) atoms. The first-order valence-electron chi connectivity index (χ1n) is 7.98. The van der Waals surface area contributed by atoms with Gasteiger partial charge in [-0.05, 0) is 43.9 Å². The summed E-state index contributed by atoms with van der Waals surface area (Å²) in [6, 6.07) is 5.15. The van der Waals surface area contributed by atoms with E-state index in [1.165, 1.54) is 0 Å². The smallest absolute Gasteiger partial charge is 0.340 e. The first-order valence-corrected chi connectivity index (χ1v) is 8.77. The van der Waals surface area contributed by atoms with Gasteiger partial charge in [0.25, 0.3) is 0 Å². The summed E-state index contributed by atoms with van der Waals surface area (Å²) in [5, 5.41) is 2.80. The van der Waals surface area contributed by atoms with Crippen LogP contribution < -0.4 is 5.32 Å². The number of benzene rings is 1. The quantitative estimate of drug-likeness (QED) is 0.724. The highest BCUT2D eigenvalue weighted by atomic mass is 79.9. The topological polar surface area (TPSA) is 64.6 Å². The van der Waals surface area contributed by atoms with Gasteiger partial charge < -0.3 is 14.8 Å². The molecule has 0 aromatic heterocycles. The average Bonchev–Trinajstić information content (AvgIpc) is 3.05. The highest BCUT2D eigenvalue weighted by Gasteiger charge is 2.18. The van der Waals surface area contributed by atoms with Crippen LogP contribution in [0.15, 0.2) is 22.7 Å². The molecule has 1 heterocycles. The second-order valence-electron chi connectivity index (χ2n) is 5.55. The highest BCUT2D eigenvalue weighted by Crippen LogP contribution is 2.23. The van der Waals surface area contributed by atoms with Gasteiger partial charge in [-0.15, -0.1) is 0 Å². The normalized spacial score (nSPS) is 17.0. The summed E-state index contributed by atoms with van der Waals surface area (Å²) in [5.41, 5.74) is 0.838. The summed E-state index contributed by atoms with van der Waals surface area (Å²) in [6.45, 7) is 3.08. The largest absolute Gasteiger partial charge is 0.462 e. The molecule has 126 valence electrons. The fourth-order valence-corrected chi connectivity index (χ4v) is 2.80. The number of carbonyl (C=O) groups is 2. The zero-order valence-corrected chi connectivity index (χ0v) is 14.9. The molecule has 1 aromatic rings. The van der Waals surface area contributed by atoms with Crippen molar-refractivity contribution < 1.29 is 19.1 Å². The van der Waals surface area contributed by atoms with Gasteiger partial charge in [-0.1, -0.05) is 22.9 Å². The maximum atomic E-state index is 12.1. The summed E-state index contributed by atoms with van der Waals surface area (Å²) in [7, 11) is 0. The van der Waals surface area contributed by atoms with E-state index >= 15 is 0 Å². The molecule has 0 bridgehead atoms. The number of amides is 1. The molecule has 0 spiro atoms. The Morgan fingerprint density at radius 3 is 2.96 bits per heavy atom. The van der Waals surface area contributed by atoms with Gasteiger partial charge >= 0.3 is 5.97 Å². The molecule has 1 aliphatic heterocycles. The molecule has 0 aliphatic carbocycles. The third-order valence-corrected chi connectivity index (χ3v) is 4.12. The van der Waals surface area contributed by atoms with Crippen LogP contribution in [0.1, 0.15) is 49.4 Å². The van der Waals surface area contributed by atoms with Crippen LogP contribution >= 0.6 is 15.9 Å². The van der Waals surface area contributed by atoms with Gasteiger partial charge in [-0.25, -0.2) is 4.79 Å². The van der Waals surface area contributed by atoms with Gasteiger partial charge in [0, 0.05) is 17.5 Å². The van der Waals surface area contributed by atoms with Crippen LogP contribution in [0.25, 0.3) is 0 Å². The molecule has 6 heteroatoms. The van der Waals surface area contributed by atoms with Crippen LogP contribution in [-0.4, -0.2) is 31.2 Å². The summed E-state index contributed by atoms with van der Waals surface area (Å²) >= 11 is 3.34. The molecule has 1 aromatic carbocycles. The minimum absolute atomic E-state index is 0.118. The minimum atomic E-state index is -0.428. The molecule has 1 unspecified atom stereocenters. The van der Waals surface area contributed by atoms with E-state index in [4.69, 9.17) is 9.47 Å². The summed E-state index contributed by atoms with van der Waals surface area (Å²) in [4.78, 5) is 24.2. The molecular formula is C17H22BrNO4. The summed E-state index contributed by atoms with van der Waals surface area (Å²) in [6.07, 6.45) is 4.09. The van der Waals surface area contributed by atoms with E-state index in [0.717, 1.165) is 30.3 Å². The standard InChI is InChI=1S/C17H22BrNO4/c1-2-9-23-17(21)14-11-12(18)5-7-15(14)19-16(20)8-6-13-4-3-10-22-13/h5,7,11,13H,2-4,6,8-10H2,1H3,(H,19,20). The fourth-order valence-electron chi connectivity index (χ4n) is 2.44. The molecule has 1 saturated heterocycles. The molecule has 5 nitrogen and oxygen atoms in total. The molecule has 1 amide bonds. The van der Waals surface area contributed by atoms with Crippen LogP contribution in [0, 0.1) is 0 Å². The van der Waals surface area contributed by atoms with Crippen LogP contribution in [0.4, 0.5) is 5.69 Å². The van der Waals surface area contributed by atoms with E-state index in [1.807, 2.05) is 6.92 Å². The monoisotopic (exact) mass is 383 g/mol. The van der Waals surface area contributed by atoms with E-state index < -0.39 is 5.97 Å². The third-order valence-electron chi connectivity index (χ3n) is 3.63. The minimum Gasteiger partial charge on any atom is -0.462 e. The molecule has 0 radical (unpaired) electrons. The molecule has 1 aliphatic rings. The number of carbonyl (C=O) groups excluding carboxylic acids is 2. The number of halogens is 1. The first kappa shape index (κ1) is 17.9. The SMILES string of the molecule is CCCOC(=O)c1cc(Br)ccc1NC(=O)CCC1CCCO1. The van der Waals surface area contributed by atoms with Gasteiger partial charge in [0.15, 0.2) is 0 Å². The number of nitrogens with one attached hydrogen (secondary N) is 1. The number of hydrogen-bond donors (Lipinski definition) is 1. The highest BCUT2D eigenvalue weighted by molar-refractivity contribution is 9.10. The maximum absolute atomic E-state index is 12.1. The number of ether oxygens (including phenoxy) is 2. The predicted octanol–water partition coefficient (Wildman–Crippen LogP) is 3.91. The summed E-state index contributed by atoms with van der Waals surface area (Å²) < 4.78 is 11.4. The van der Waals surface area contributed by atoms with Crippen LogP contribution in [0.2, 0.25) is 0 Å². The number of esters is 1. The van der Waals surface area contributed by atoms with Gasteiger partial charge in [0.05, 0.1) is 24.0 Å². The Morgan fingerprint density at radius 1 is 1.43 bits per heavy atom. The Labute approximate surface area is 144 Å². The number of hydrogen-bond acceptors (Lipinski definition) is 4. The Bertz CT molecular complexity index is 556. The predicted molar refractivity (Wildman–Crippen MR) is 91.6 cm³/mol. The second kappa shape index (κ2) is 9.03. The Hall–Kier alpha value is -1.40. The fraction of sp³-hybridized carbons (Fsp3) is 0.529. The molecule has 1 atom stereocenters. The zero-order valence-electron chi connectivity index (χ0n) is 13.3. The van der Waals surface area contributed by atoms with Crippen molar-refractivity contribution in [3.8, 4) is 0 Å². The van der Waals surface area contributed by atoms with E-state index in [9.17, 15) is 9.59 Å². The molecule has 0 saturated carbocycles. The second-order valence-corrected chi connectivity index (χ2v) is 6.46. The van der Waals surface area contributed by atoms with Crippen molar-refractivity contribution in [3.63, 3.8) is 0 Å². The Kier molecular flexibility index (Phi) is 7.05. The van der Waals surface area contributed by atoms with Crippen LogP contribution in [0.3, 0.4) is 0 Å². The van der Waals surface area contributed by atoms with E-state index in [0.29, 0.717) is 30.7 Å². The van der Waals surface area contributed by atoms with Crippen LogP contribution in [0.5, 0.6) is 0 Å². The molecule has 1 N–H and O–H groups in total. The van der Waals surface area contributed by atoms with Crippen molar-refractivity contribution in [2.24, 2.45) is 0 Å². The van der Waals surface area contributed by atoms with E-state index in [2.05, 4.69) is 21.2 Å². The maximum Gasteiger partial charge on any atom is 0.340 e. The van der Waals surface area contributed by atoms with Gasteiger partial charge in [0.2, 0.25) is 5.91 Å². The van der Waals surface area contributed by atoms with Crippen molar-refractivity contribution in [3.05, 3.63) is 28.2 Å². The number of rotatable bonds is 7. The summed E-state index contributed by atoms with van der Waals surface area (Å²) in [5.74, 6) is -0.546. The first-order chi connectivity index (χ1) is 11.1. The molecular weight excluding hydrogens is 362 g/mol. The zero-order chi connectivity index (χ0) is 16.7. The Morgan fingerprint density at radius 2 is 2.26 bits per heavy atom. The van der Waals surface area contributed by atoms with Crippen molar-refractivity contribution in [1.82, 2.24) is 0 Å². The lowest BCUT2D eigenvalue weighted by atomic mass is 10.1. The lowest BCUT2D eigenvalue weighted by Crippen LogP contribution is -2.18. The van der Waals surface area contributed by atoms with Crippen molar-refractivity contribution in [1.29, 1.82) is 0 Å². The third kappa shape index (κ3) is 5.62. The van der Waals surface area contributed by atoms with Crippen LogP contribution in [-0.2, 0) is 14.3 Å². The van der Waals surface area contributed by atoms with Crippen molar-refractivity contribution in [2.75, 3.05) is 18.5 Å². The van der Waals surface area contributed by atoms with Crippen molar-refractivity contribution >= 4 is 33.5 Å². The average molecular weight is 384 g/mol. The lowest BCUT2D eigenvalue weighted by Gasteiger charge is -2.12. The van der Waals surface area contributed by atoms with E-state index in [1.54, 1.807) is 18.2 Å². The van der Waals surface area contributed by atoms with E-state index in [-0.39, 0.29) is 12.0 Å². The Balaban J connectivity index is 1.97. The lowest BCUT2D eigenvalue weighted by molar-refractivity contribution is -0.116. The van der Waals surface area contributed by atoms with Gasteiger partial charge in [0.1, 0.15) is 0 Å². The van der Waals surface area contributed by atoms with Gasteiger partial charge in [-0.3, -0.25) is 4.79 Å². The molecule has 2 rings (SSSR count). The number of anilines is 1. The van der Waals surface area contributed by atoms with Crippen molar-refractivity contribution in [2.45, 2.75) is 45.1 Å². The van der Waals surface area contributed by atoms with Gasteiger partial charge in [-0.2, -0.15) is 0 Å².